The number of furan rings is 1. The Balaban J connectivity index is 1.62. The average molecular weight is 539 g/mol. The van der Waals surface area contributed by atoms with Gasteiger partial charge in [-0.1, -0.05) is 46.7 Å². The maximum absolute atomic E-state index is 13.6. The number of benzene rings is 2. The first-order valence-electron chi connectivity index (χ1n) is 11.0. The van der Waals surface area contributed by atoms with E-state index in [1.807, 2.05) is 30.3 Å². The molecular weight excluding hydrogens is 519 g/mol. The summed E-state index contributed by atoms with van der Waals surface area (Å²) in [4.78, 5) is 31.3. The summed E-state index contributed by atoms with van der Waals surface area (Å²) in [5.41, 5.74) is 2.39. The Kier molecular flexibility index (Phi) is 6.47. The number of ether oxygens (including phenoxy) is 1. The monoisotopic (exact) mass is 538 g/mol. The lowest BCUT2D eigenvalue weighted by Gasteiger charge is -2.24. The molecule has 0 N–H and O–H groups in total. The molecule has 0 saturated heterocycles. The molecule has 4 aromatic rings. The summed E-state index contributed by atoms with van der Waals surface area (Å²) in [7, 11) is 1.59. The molecule has 182 valence electrons. The van der Waals surface area contributed by atoms with Crippen LogP contribution in [0.25, 0.3) is 17.4 Å². The van der Waals surface area contributed by atoms with Gasteiger partial charge >= 0.3 is 0 Å². The summed E-state index contributed by atoms with van der Waals surface area (Å²) in [6.45, 7) is 3.29. The molecule has 36 heavy (non-hydrogen) atoms. The standard InChI is InChI=1S/C27H20Cl2N2O4S/c1-14-24(15(2)32)25(16-4-7-18(34-3)8-5-16)31-26(33)23(36-27(31)30-14)13-19-9-11-22(35-19)17-6-10-20(28)21(29)12-17/h4-13,25H,1-3H3/t25-/m0/s1. The third-order valence-electron chi connectivity index (χ3n) is 5.94. The van der Waals surface area contributed by atoms with Gasteiger partial charge in [0.2, 0.25) is 0 Å². The number of aromatic nitrogens is 1. The second-order valence-electron chi connectivity index (χ2n) is 8.24. The van der Waals surface area contributed by atoms with E-state index >= 15 is 0 Å². The Morgan fingerprint density at radius 3 is 2.53 bits per heavy atom. The Labute approximate surface area is 220 Å². The van der Waals surface area contributed by atoms with Crippen LogP contribution >= 0.6 is 34.5 Å². The quantitative estimate of drug-likeness (QED) is 0.341. The van der Waals surface area contributed by atoms with Crippen molar-refractivity contribution in [3.8, 4) is 17.1 Å². The van der Waals surface area contributed by atoms with Crippen LogP contribution in [0.15, 0.2) is 80.1 Å². The van der Waals surface area contributed by atoms with E-state index in [4.69, 9.17) is 32.4 Å². The van der Waals surface area contributed by atoms with Gasteiger partial charge in [0.05, 0.1) is 27.7 Å². The van der Waals surface area contributed by atoms with Gasteiger partial charge in [0.15, 0.2) is 10.6 Å². The van der Waals surface area contributed by atoms with Gasteiger partial charge in [-0.25, -0.2) is 4.99 Å². The number of hydrogen-bond acceptors (Lipinski definition) is 6. The van der Waals surface area contributed by atoms with Crippen molar-refractivity contribution in [2.75, 3.05) is 7.11 Å². The van der Waals surface area contributed by atoms with E-state index in [0.717, 1.165) is 11.1 Å². The minimum absolute atomic E-state index is 0.136. The fourth-order valence-electron chi connectivity index (χ4n) is 4.24. The number of rotatable bonds is 5. The highest BCUT2D eigenvalue weighted by atomic mass is 35.5. The van der Waals surface area contributed by atoms with Gasteiger partial charge in [-0.15, -0.1) is 0 Å². The van der Waals surface area contributed by atoms with Crippen LogP contribution in [0.1, 0.15) is 31.2 Å². The zero-order chi connectivity index (χ0) is 25.6. The van der Waals surface area contributed by atoms with Gasteiger partial charge in [0.1, 0.15) is 17.3 Å². The number of ketones is 1. The van der Waals surface area contributed by atoms with Crippen molar-refractivity contribution in [1.29, 1.82) is 0 Å². The molecule has 2 aromatic carbocycles. The van der Waals surface area contributed by atoms with E-state index in [-0.39, 0.29) is 11.3 Å². The zero-order valence-electron chi connectivity index (χ0n) is 19.5. The lowest BCUT2D eigenvalue weighted by molar-refractivity contribution is -0.114. The maximum atomic E-state index is 13.6. The summed E-state index contributed by atoms with van der Waals surface area (Å²) in [6.07, 6.45) is 1.68. The number of hydrogen-bond donors (Lipinski definition) is 0. The van der Waals surface area contributed by atoms with E-state index in [1.165, 1.54) is 18.3 Å². The van der Waals surface area contributed by atoms with Crippen LogP contribution in [0.2, 0.25) is 10.0 Å². The van der Waals surface area contributed by atoms with E-state index in [0.29, 0.717) is 47.9 Å². The molecule has 3 heterocycles. The van der Waals surface area contributed by atoms with Crippen LogP contribution in [0.5, 0.6) is 5.75 Å². The highest BCUT2D eigenvalue weighted by molar-refractivity contribution is 7.07. The molecule has 0 fully saturated rings. The van der Waals surface area contributed by atoms with Gasteiger partial charge in [0.25, 0.3) is 5.56 Å². The largest absolute Gasteiger partial charge is 0.497 e. The van der Waals surface area contributed by atoms with E-state index in [2.05, 4.69) is 4.99 Å². The number of fused-ring (bicyclic) bond motifs is 1. The molecule has 0 amide bonds. The molecule has 0 radical (unpaired) electrons. The number of carbonyl (C=O) groups excluding carboxylic acids is 1. The molecule has 1 aliphatic rings. The van der Waals surface area contributed by atoms with Crippen molar-refractivity contribution >= 4 is 46.4 Å². The second kappa shape index (κ2) is 9.58. The third kappa shape index (κ3) is 4.34. The first-order chi connectivity index (χ1) is 17.3. The van der Waals surface area contributed by atoms with Crippen LogP contribution < -0.4 is 19.6 Å². The lowest BCUT2D eigenvalue weighted by Crippen LogP contribution is -2.39. The normalized spacial score (nSPS) is 15.6. The van der Waals surface area contributed by atoms with E-state index in [9.17, 15) is 9.59 Å². The van der Waals surface area contributed by atoms with Crippen LogP contribution in [0.4, 0.5) is 0 Å². The first kappa shape index (κ1) is 24.3. The molecule has 1 aliphatic heterocycles. The predicted molar refractivity (Wildman–Crippen MR) is 142 cm³/mol. The number of carbonyl (C=O) groups is 1. The molecular formula is C27H20Cl2N2O4S. The van der Waals surface area contributed by atoms with Crippen LogP contribution in [-0.4, -0.2) is 17.5 Å². The fraction of sp³-hybridized carbons (Fsp3) is 0.148. The van der Waals surface area contributed by atoms with Crippen molar-refractivity contribution in [3.63, 3.8) is 0 Å². The third-order valence-corrected chi connectivity index (χ3v) is 7.66. The average Bonchev–Trinajstić information content (AvgIpc) is 3.44. The van der Waals surface area contributed by atoms with Crippen molar-refractivity contribution in [2.45, 2.75) is 19.9 Å². The highest BCUT2D eigenvalue weighted by Crippen LogP contribution is 2.32. The fourth-order valence-corrected chi connectivity index (χ4v) is 5.56. The van der Waals surface area contributed by atoms with Crippen molar-refractivity contribution < 1.29 is 13.9 Å². The molecule has 0 saturated carbocycles. The van der Waals surface area contributed by atoms with Crippen molar-refractivity contribution in [1.82, 2.24) is 4.57 Å². The van der Waals surface area contributed by atoms with Gasteiger partial charge in [0, 0.05) is 22.9 Å². The molecule has 0 spiro atoms. The molecule has 0 bridgehead atoms. The molecule has 0 aliphatic carbocycles. The SMILES string of the molecule is COc1ccc([C@H]2C(C(C)=O)=C(C)N=c3sc(=Cc4ccc(-c5ccc(Cl)c(Cl)c5)o4)c(=O)n32)cc1. The van der Waals surface area contributed by atoms with Crippen LogP contribution in [0, 0.1) is 0 Å². The number of thiazole rings is 1. The summed E-state index contributed by atoms with van der Waals surface area (Å²) >= 11 is 13.4. The van der Waals surface area contributed by atoms with E-state index in [1.54, 1.807) is 48.9 Å². The minimum atomic E-state index is -0.588. The van der Waals surface area contributed by atoms with Crippen molar-refractivity contribution in [3.05, 3.63) is 107 Å². The maximum Gasteiger partial charge on any atom is 0.271 e. The zero-order valence-corrected chi connectivity index (χ0v) is 21.9. The highest BCUT2D eigenvalue weighted by Gasteiger charge is 2.30. The molecule has 1 atom stereocenters. The van der Waals surface area contributed by atoms with Crippen molar-refractivity contribution in [2.24, 2.45) is 4.99 Å². The Hall–Kier alpha value is -3.39. The van der Waals surface area contributed by atoms with Gasteiger partial charge < -0.3 is 9.15 Å². The number of nitrogens with zero attached hydrogens (tertiary/aromatic N) is 2. The smallest absolute Gasteiger partial charge is 0.271 e. The molecule has 0 unspecified atom stereocenters. The Morgan fingerprint density at radius 1 is 1.11 bits per heavy atom. The van der Waals surface area contributed by atoms with Crippen LogP contribution in [-0.2, 0) is 4.79 Å². The number of halogens is 2. The second-order valence-corrected chi connectivity index (χ2v) is 10.1. The summed E-state index contributed by atoms with van der Waals surface area (Å²) in [5, 5.41) is 0.885. The molecule has 5 rings (SSSR count). The lowest BCUT2D eigenvalue weighted by atomic mass is 9.93. The Morgan fingerprint density at radius 2 is 1.86 bits per heavy atom. The molecule has 2 aromatic heterocycles. The summed E-state index contributed by atoms with van der Waals surface area (Å²) in [5.74, 6) is 1.65. The summed E-state index contributed by atoms with van der Waals surface area (Å²) in [6, 6.07) is 15.6. The molecule has 9 heteroatoms. The van der Waals surface area contributed by atoms with E-state index < -0.39 is 6.04 Å². The van der Waals surface area contributed by atoms with Gasteiger partial charge in [-0.05, 0) is 61.9 Å². The molecule has 6 nitrogen and oxygen atoms in total. The summed E-state index contributed by atoms with van der Waals surface area (Å²) < 4.78 is 13.3. The topological polar surface area (TPSA) is 73.8 Å². The minimum Gasteiger partial charge on any atom is -0.497 e. The first-order valence-corrected chi connectivity index (χ1v) is 12.6. The number of allylic oxidation sites excluding steroid dienone is 2. The van der Waals surface area contributed by atoms with Gasteiger partial charge in [-0.3, -0.25) is 14.2 Å². The number of Topliss-reactive ketones (excluding diaryl/α,β-unsaturated/α-hetero) is 1. The number of methoxy groups -OCH3 is 1. The predicted octanol–water partition coefficient (Wildman–Crippen LogP) is 5.40. The van der Waals surface area contributed by atoms with Crippen LogP contribution in [0.3, 0.4) is 0 Å². The Bertz CT molecular complexity index is 1710. The van der Waals surface area contributed by atoms with Gasteiger partial charge in [-0.2, -0.15) is 0 Å².